The highest BCUT2D eigenvalue weighted by atomic mass is 16.6. The summed E-state index contributed by atoms with van der Waals surface area (Å²) >= 11 is 0. The molecule has 0 spiro atoms. The minimum absolute atomic E-state index is 0.0461. The van der Waals surface area contributed by atoms with E-state index in [1.54, 1.807) is 24.3 Å². The number of rotatable bonds is 7. The molecule has 3 rings (SSSR count). The zero-order valence-electron chi connectivity index (χ0n) is 14.9. The fourth-order valence-electron chi connectivity index (χ4n) is 2.32. The molecule has 2 amide bonds. The van der Waals surface area contributed by atoms with Crippen molar-refractivity contribution in [1.29, 1.82) is 0 Å². The third-order valence-electron chi connectivity index (χ3n) is 3.70. The van der Waals surface area contributed by atoms with Crippen molar-refractivity contribution >= 4 is 23.7 Å². The van der Waals surface area contributed by atoms with Gasteiger partial charge in [-0.05, 0) is 24.3 Å². The largest absolute Gasteiger partial charge is 0.455 e. The minimum Gasteiger partial charge on any atom is -0.455 e. The summed E-state index contributed by atoms with van der Waals surface area (Å²) in [6.07, 6.45) is 4.23. The number of non-ortho nitro benzene ring substituents is 1. The van der Waals surface area contributed by atoms with Crippen molar-refractivity contribution in [2.75, 3.05) is 6.54 Å². The van der Waals surface area contributed by atoms with Crippen molar-refractivity contribution in [2.45, 2.75) is 0 Å². The second-order valence-electron chi connectivity index (χ2n) is 5.72. The van der Waals surface area contributed by atoms with E-state index >= 15 is 0 Å². The van der Waals surface area contributed by atoms with Crippen LogP contribution in [0.4, 0.5) is 5.69 Å². The molecule has 2 aromatic heterocycles. The highest BCUT2D eigenvalue weighted by molar-refractivity contribution is 5.96. The lowest BCUT2D eigenvalue weighted by Gasteiger charge is -2.03. The second-order valence-corrected chi connectivity index (χ2v) is 5.72. The predicted molar refractivity (Wildman–Crippen MR) is 103 cm³/mol. The number of carbonyl (C=O) groups excluding carboxylic acids is 2. The van der Waals surface area contributed by atoms with E-state index in [0.29, 0.717) is 22.6 Å². The van der Waals surface area contributed by atoms with Gasteiger partial charge in [0.05, 0.1) is 17.7 Å². The lowest BCUT2D eigenvalue weighted by molar-refractivity contribution is -0.384. The monoisotopic (exact) mass is 393 g/mol. The smallest absolute Gasteiger partial charge is 0.270 e. The van der Waals surface area contributed by atoms with Crippen LogP contribution in [0.25, 0.3) is 11.3 Å². The Bertz CT molecular complexity index is 1060. The van der Waals surface area contributed by atoms with Crippen molar-refractivity contribution in [3.63, 3.8) is 0 Å². The molecule has 0 fully saturated rings. The highest BCUT2D eigenvalue weighted by Gasteiger charge is 2.10. The molecule has 3 aromatic rings. The average molecular weight is 393 g/mol. The van der Waals surface area contributed by atoms with E-state index in [9.17, 15) is 19.7 Å². The summed E-state index contributed by atoms with van der Waals surface area (Å²) in [4.78, 5) is 37.8. The number of nitro benzene ring substituents is 1. The van der Waals surface area contributed by atoms with E-state index in [-0.39, 0.29) is 12.2 Å². The van der Waals surface area contributed by atoms with Gasteiger partial charge in [0.2, 0.25) is 0 Å². The first-order valence-electron chi connectivity index (χ1n) is 8.38. The number of aromatic nitrogens is 1. The number of furan rings is 1. The van der Waals surface area contributed by atoms with Crippen molar-refractivity contribution in [3.8, 4) is 11.3 Å². The molecular formula is C19H15N5O5. The molecule has 146 valence electrons. The molecule has 0 saturated heterocycles. The molecule has 0 aliphatic carbocycles. The van der Waals surface area contributed by atoms with Crippen molar-refractivity contribution in [1.82, 2.24) is 15.7 Å². The van der Waals surface area contributed by atoms with E-state index in [4.69, 9.17) is 4.42 Å². The van der Waals surface area contributed by atoms with Gasteiger partial charge in [0.15, 0.2) is 0 Å². The van der Waals surface area contributed by atoms with E-state index < -0.39 is 16.7 Å². The molecule has 0 unspecified atom stereocenters. The molecule has 10 nitrogen and oxygen atoms in total. The summed E-state index contributed by atoms with van der Waals surface area (Å²) < 4.78 is 5.54. The van der Waals surface area contributed by atoms with Gasteiger partial charge >= 0.3 is 0 Å². The number of hydrogen-bond acceptors (Lipinski definition) is 7. The first-order valence-corrected chi connectivity index (χ1v) is 8.38. The molecule has 1 aromatic carbocycles. The quantitative estimate of drug-likeness (QED) is 0.358. The third kappa shape index (κ3) is 5.32. The SMILES string of the molecule is O=C(CNC(=O)c1ccncc1)NN=Cc1ccc(-c2cccc([N+](=O)[O-])c2)o1. The van der Waals surface area contributed by atoms with Crippen LogP contribution in [-0.2, 0) is 4.79 Å². The maximum absolute atomic E-state index is 11.8. The van der Waals surface area contributed by atoms with Crippen LogP contribution in [0.15, 0.2) is 70.4 Å². The number of hydrogen-bond donors (Lipinski definition) is 2. The van der Waals surface area contributed by atoms with E-state index in [2.05, 4.69) is 20.8 Å². The Morgan fingerprint density at radius 3 is 2.72 bits per heavy atom. The van der Waals surface area contributed by atoms with Crippen LogP contribution >= 0.6 is 0 Å². The standard InChI is InChI=1S/C19H15N5O5/c25-18(12-21-19(26)13-6-8-20-9-7-13)23-22-11-16-4-5-17(29-16)14-2-1-3-15(10-14)24(27)28/h1-11H,12H2,(H,21,26)(H,23,25). The van der Waals surface area contributed by atoms with Gasteiger partial charge in [0.1, 0.15) is 11.5 Å². The fourth-order valence-corrected chi connectivity index (χ4v) is 2.32. The maximum atomic E-state index is 11.8. The van der Waals surface area contributed by atoms with Crippen molar-refractivity contribution in [2.24, 2.45) is 5.10 Å². The Balaban J connectivity index is 1.52. The van der Waals surface area contributed by atoms with Gasteiger partial charge in [-0.25, -0.2) is 5.43 Å². The minimum atomic E-state index is -0.519. The third-order valence-corrected chi connectivity index (χ3v) is 3.70. The van der Waals surface area contributed by atoms with Crippen LogP contribution in [0, 0.1) is 10.1 Å². The number of nitrogens with zero attached hydrogens (tertiary/aromatic N) is 3. The summed E-state index contributed by atoms with van der Waals surface area (Å²) in [5, 5.41) is 17.1. The molecular weight excluding hydrogens is 378 g/mol. The Morgan fingerprint density at radius 1 is 1.17 bits per heavy atom. The number of pyridine rings is 1. The molecule has 10 heteroatoms. The van der Waals surface area contributed by atoms with Gasteiger partial charge in [0.25, 0.3) is 17.5 Å². The van der Waals surface area contributed by atoms with Crippen molar-refractivity contribution in [3.05, 3.63) is 82.4 Å². The fraction of sp³-hybridized carbons (Fsp3) is 0.0526. The van der Waals surface area contributed by atoms with Gasteiger partial charge in [0, 0.05) is 35.7 Å². The Morgan fingerprint density at radius 2 is 1.97 bits per heavy atom. The summed E-state index contributed by atoms with van der Waals surface area (Å²) in [7, 11) is 0. The number of benzene rings is 1. The summed E-state index contributed by atoms with van der Waals surface area (Å²) in [5.41, 5.74) is 3.15. The van der Waals surface area contributed by atoms with E-state index in [0.717, 1.165) is 0 Å². The van der Waals surface area contributed by atoms with Crippen LogP contribution in [0.3, 0.4) is 0 Å². The maximum Gasteiger partial charge on any atom is 0.270 e. The van der Waals surface area contributed by atoms with Gasteiger partial charge in [-0.1, -0.05) is 12.1 Å². The number of hydrazone groups is 1. The normalized spacial score (nSPS) is 10.6. The first-order chi connectivity index (χ1) is 14.0. The summed E-state index contributed by atoms with van der Waals surface area (Å²) in [6, 6.07) is 12.3. The number of carbonyl (C=O) groups is 2. The number of amides is 2. The lowest BCUT2D eigenvalue weighted by atomic mass is 10.1. The van der Waals surface area contributed by atoms with Crippen LogP contribution in [0.5, 0.6) is 0 Å². The number of nitro groups is 1. The molecule has 0 radical (unpaired) electrons. The molecule has 2 heterocycles. The first kappa shape index (κ1) is 19.4. The second kappa shape index (κ2) is 9.04. The lowest BCUT2D eigenvalue weighted by Crippen LogP contribution is -2.34. The van der Waals surface area contributed by atoms with Crippen LogP contribution < -0.4 is 10.7 Å². The van der Waals surface area contributed by atoms with Crippen molar-refractivity contribution < 1.29 is 18.9 Å². The van der Waals surface area contributed by atoms with Crippen LogP contribution in [0.1, 0.15) is 16.1 Å². The van der Waals surface area contributed by atoms with Gasteiger partial charge in [-0.3, -0.25) is 24.7 Å². The van der Waals surface area contributed by atoms with E-state index in [1.807, 2.05) is 0 Å². The molecule has 0 aliphatic heterocycles. The molecule has 0 aliphatic rings. The Labute approximate surface area is 164 Å². The topological polar surface area (TPSA) is 140 Å². The van der Waals surface area contributed by atoms with Gasteiger partial charge < -0.3 is 9.73 Å². The molecule has 0 atom stereocenters. The Hall–Kier alpha value is -4.34. The zero-order valence-corrected chi connectivity index (χ0v) is 14.9. The zero-order chi connectivity index (χ0) is 20.6. The predicted octanol–water partition coefficient (Wildman–Crippen LogP) is 2.13. The summed E-state index contributed by atoms with van der Waals surface area (Å²) in [5.74, 6) is -0.160. The average Bonchev–Trinajstić information content (AvgIpc) is 3.21. The molecule has 0 saturated carbocycles. The molecule has 2 N–H and O–H groups in total. The van der Waals surface area contributed by atoms with Crippen LogP contribution in [-0.4, -0.2) is 34.5 Å². The highest BCUT2D eigenvalue weighted by Crippen LogP contribution is 2.25. The molecule has 29 heavy (non-hydrogen) atoms. The Kier molecular flexibility index (Phi) is 6.05. The summed E-state index contributed by atoms with van der Waals surface area (Å²) in [6.45, 7) is -0.254. The van der Waals surface area contributed by atoms with Gasteiger partial charge in [-0.2, -0.15) is 5.10 Å². The molecule has 0 bridgehead atoms. The van der Waals surface area contributed by atoms with E-state index in [1.165, 1.54) is 42.9 Å². The number of nitrogens with one attached hydrogen (secondary N) is 2. The van der Waals surface area contributed by atoms with Gasteiger partial charge in [-0.15, -0.1) is 0 Å². The van der Waals surface area contributed by atoms with Crippen LogP contribution in [0.2, 0.25) is 0 Å².